The van der Waals surface area contributed by atoms with Crippen molar-refractivity contribution < 1.29 is 4.79 Å². The number of piperazine rings is 1. The largest absolute Gasteiger partial charge is 0.337 e. The molecule has 6 nitrogen and oxygen atoms in total. The van der Waals surface area contributed by atoms with Crippen LogP contribution in [0.4, 0.5) is 4.79 Å². The van der Waals surface area contributed by atoms with Crippen molar-refractivity contribution in [1.29, 1.82) is 5.26 Å². The van der Waals surface area contributed by atoms with Gasteiger partial charge in [0.2, 0.25) is 0 Å². The highest BCUT2D eigenvalue weighted by Gasteiger charge is 2.08. The predicted octanol–water partition coefficient (Wildman–Crippen LogP) is -1.29. The van der Waals surface area contributed by atoms with Gasteiger partial charge < -0.3 is 16.0 Å². The Morgan fingerprint density at radius 2 is 2.13 bits per heavy atom. The lowest BCUT2D eigenvalue weighted by molar-refractivity contribution is 0.227. The maximum absolute atomic E-state index is 11.0. The second kappa shape index (κ2) is 7.04. The zero-order chi connectivity index (χ0) is 10.9. The molecule has 0 aromatic rings. The molecule has 84 valence electrons. The molecule has 1 saturated heterocycles. The molecular weight excluding hydrogens is 194 g/mol. The van der Waals surface area contributed by atoms with E-state index < -0.39 is 0 Å². The average molecular weight is 211 g/mol. The Morgan fingerprint density at radius 3 is 2.80 bits per heavy atom. The van der Waals surface area contributed by atoms with Crippen molar-refractivity contribution in [1.82, 2.24) is 20.9 Å². The summed E-state index contributed by atoms with van der Waals surface area (Å²) in [6.45, 7) is 5.63. The van der Waals surface area contributed by atoms with Gasteiger partial charge in [0.15, 0.2) is 0 Å². The molecular formula is C9H17N5O. The Labute approximate surface area is 89.6 Å². The highest BCUT2D eigenvalue weighted by molar-refractivity contribution is 5.73. The lowest BCUT2D eigenvalue weighted by Gasteiger charge is -2.27. The third-order valence-electron chi connectivity index (χ3n) is 2.25. The molecule has 3 N–H and O–H groups in total. The van der Waals surface area contributed by atoms with Crippen LogP contribution in [0.25, 0.3) is 0 Å². The topological polar surface area (TPSA) is 80.2 Å². The van der Waals surface area contributed by atoms with Crippen molar-refractivity contribution in [2.24, 2.45) is 0 Å². The first kappa shape index (κ1) is 11.8. The first-order valence-corrected chi connectivity index (χ1v) is 5.14. The van der Waals surface area contributed by atoms with E-state index in [1.165, 1.54) is 0 Å². The first-order valence-electron chi connectivity index (χ1n) is 5.14. The van der Waals surface area contributed by atoms with E-state index in [1.807, 2.05) is 6.07 Å². The summed E-state index contributed by atoms with van der Waals surface area (Å²) in [5, 5.41) is 16.6. The first-order chi connectivity index (χ1) is 7.33. The molecule has 0 unspecified atom stereocenters. The minimum atomic E-state index is -0.272. The molecule has 1 aliphatic heterocycles. The van der Waals surface area contributed by atoms with E-state index in [1.54, 1.807) is 0 Å². The smallest absolute Gasteiger partial charge is 0.315 e. The van der Waals surface area contributed by atoms with Crippen LogP contribution in [-0.4, -0.2) is 56.7 Å². The number of nitrogens with one attached hydrogen (secondary N) is 3. The SMILES string of the molecule is N#CCNC(=O)NCCN1CCNCC1. The van der Waals surface area contributed by atoms with Gasteiger partial charge in [-0.1, -0.05) is 0 Å². The normalized spacial score (nSPS) is 16.7. The number of nitriles is 1. The van der Waals surface area contributed by atoms with Gasteiger partial charge in [0, 0.05) is 39.3 Å². The molecule has 0 saturated carbocycles. The van der Waals surface area contributed by atoms with Crippen molar-refractivity contribution >= 4 is 6.03 Å². The summed E-state index contributed by atoms with van der Waals surface area (Å²) < 4.78 is 0. The van der Waals surface area contributed by atoms with Gasteiger partial charge in [-0.3, -0.25) is 4.90 Å². The fourth-order valence-electron chi connectivity index (χ4n) is 1.44. The van der Waals surface area contributed by atoms with Crippen molar-refractivity contribution in [3.05, 3.63) is 0 Å². The molecule has 0 aliphatic carbocycles. The summed E-state index contributed by atoms with van der Waals surface area (Å²) in [6, 6.07) is 1.58. The maximum atomic E-state index is 11.0. The lowest BCUT2D eigenvalue weighted by Crippen LogP contribution is -2.47. The Bertz CT molecular complexity index is 231. The predicted molar refractivity (Wildman–Crippen MR) is 56.3 cm³/mol. The van der Waals surface area contributed by atoms with E-state index in [-0.39, 0.29) is 12.6 Å². The molecule has 1 fully saturated rings. The van der Waals surface area contributed by atoms with E-state index in [0.717, 1.165) is 32.7 Å². The van der Waals surface area contributed by atoms with E-state index in [0.29, 0.717) is 6.54 Å². The zero-order valence-corrected chi connectivity index (χ0v) is 8.75. The molecule has 1 aliphatic rings. The summed E-state index contributed by atoms with van der Waals surface area (Å²) >= 11 is 0. The van der Waals surface area contributed by atoms with Crippen LogP contribution in [0.5, 0.6) is 0 Å². The number of rotatable bonds is 4. The highest BCUT2D eigenvalue weighted by atomic mass is 16.2. The molecule has 0 aromatic carbocycles. The second-order valence-corrected chi connectivity index (χ2v) is 3.36. The average Bonchev–Trinajstić information content (AvgIpc) is 2.28. The van der Waals surface area contributed by atoms with Crippen LogP contribution in [-0.2, 0) is 0 Å². The molecule has 0 spiro atoms. The third-order valence-corrected chi connectivity index (χ3v) is 2.25. The van der Waals surface area contributed by atoms with Crippen molar-refractivity contribution in [3.8, 4) is 6.07 Å². The molecule has 6 heteroatoms. The summed E-state index contributed by atoms with van der Waals surface area (Å²) in [5.74, 6) is 0. The summed E-state index contributed by atoms with van der Waals surface area (Å²) in [6.07, 6.45) is 0. The van der Waals surface area contributed by atoms with Gasteiger partial charge in [0.1, 0.15) is 6.54 Å². The molecule has 15 heavy (non-hydrogen) atoms. The van der Waals surface area contributed by atoms with Gasteiger partial charge in [-0.2, -0.15) is 5.26 Å². The number of urea groups is 1. The van der Waals surface area contributed by atoms with E-state index in [2.05, 4.69) is 20.9 Å². The Hall–Kier alpha value is -1.32. The van der Waals surface area contributed by atoms with E-state index in [9.17, 15) is 4.79 Å². The Balaban J connectivity index is 2.00. The van der Waals surface area contributed by atoms with Gasteiger partial charge in [-0.25, -0.2) is 4.79 Å². The fourth-order valence-corrected chi connectivity index (χ4v) is 1.44. The van der Waals surface area contributed by atoms with Crippen LogP contribution in [0.2, 0.25) is 0 Å². The summed E-state index contributed by atoms with van der Waals surface area (Å²) in [4.78, 5) is 13.3. The number of amides is 2. The standard InChI is InChI=1S/C9H17N5O/c10-1-2-12-9(15)13-5-8-14-6-3-11-4-7-14/h11H,2-8H2,(H2,12,13,15). The van der Waals surface area contributed by atoms with E-state index >= 15 is 0 Å². The number of nitrogens with zero attached hydrogens (tertiary/aromatic N) is 2. The zero-order valence-electron chi connectivity index (χ0n) is 8.75. The summed E-state index contributed by atoms with van der Waals surface area (Å²) in [5.41, 5.74) is 0. The van der Waals surface area contributed by atoms with Crippen molar-refractivity contribution in [3.63, 3.8) is 0 Å². The fraction of sp³-hybridized carbons (Fsp3) is 0.778. The van der Waals surface area contributed by atoms with Crippen LogP contribution in [0.3, 0.4) is 0 Å². The summed E-state index contributed by atoms with van der Waals surface area (Å²) in [7, 11) is 0. The highest BCUT2D eigenvalue weighted by Crippen LogP contribution is 1.89. The van der Waals surface area contributed by atoms with Gasteiger partial charge in [-0.05, 0) is 0 Å². The van der Waals surface area contributed by atoms with E-state index in [4.69, 9.17) is 5.26 Å². The number of hydrogen-bond acceptors (Lipinski definition) is 4. The van der Waals surface area contributed by atoms with Crippen LogP contribution >= 0.6 is 0 Å². The van der Waals surface area contributed by atoms with Gasteiger partial charge in [0.25, 0.3) is 0 Å². The van der Waals surface area contributed by atoms with Crippen molar-refractivity contribution in [2.45, 2.75) is 0 Å². The molecule has 1 heterocycles. The number of carbonyl (C=O) groups excluding carboxylic acids is 1. The van der Waals surface area contributed by atoms with Crippen LogP contribution in [0.15, 0.2) is 0 Å². The van der Waals surface area contributed by atoms with Crippen LogP contribution in [0, 0.1) is 11.3 Å². The molecule has 0 radical (unpaired) electrons. The Kier molecular flexibility index (Phi) is 5.51. The molecule has 0 atom stereocenters. The maximum Gasteiger partial charge on any atom is 0.315 e. The van der Waals surface area contributed by atoms with Crippen LogP contribution < -0.4 is 16.0 Å². The quantitative estimate of drug-likeness (QED) is 0.506. The molecule has 0 aromatic heterocycles. The van der Waals surface area contributed by atoms with Crippen molar-refractivity contribution in [2.75, 3.05) is 45.8 Å². The molecule has 0 bridgehead atoms. The Morgan fingerprint density at radius 1 is 1.40 bits per heavy atom. The molecule has 2 amide bonds. The van der Waals surface area contributed by atoms with Gasteiger partial charge in [0.05, 0.1) is 6.07 Å². The minimum absolute atomic E-state index is 0.0550. The van der Waals surface area contributed by atoms with Gasteiger partial charge >= 0.3 is 6.03 Å². The number of carbonyl (C=O) groups is 1. The van der Waals surface area contributed by atoms with Gasteiger partial charge in [-0.15, -0.1) is 0 Å². The monoisotopic (exact) mass is 211 g/mol. The lowest BCUT2D eigenvalue weighted by atomic mass is 10.3. The second-order valence-electron chi connectivity index (χ2n) is 3.36. The minimum Gasteiger partial charge on any atom is -0.337 e. The third kappa shape index (κ3) is 5.20. The molecule has 1 rings (SSSR count). The number of hydrogen-bond donors (Lipinski definition) is 3. The van der Waals surface area contributed by atoms with Crippen LogP contribution in [0.1, 0.15) is 0 Å².